The van der Waals surface area contributed by atoms with E-state index >= 15 is 0 Å². The molecule has 0 saturated heterocycles. The molecule has 0 aromatic carbocycles. The summed E-state index contributed by atoms with van der Waals surface area (Å²) in [5, 5.41) is 24.5. The molecule has 0 amide bonds. The summed E-state index contributed by atoms with van der Waals surface area (Å²) in [5.41, 5.74) is 2.00. The Balaban J connectivity index is 1.90. The molecule has 0 atom stereocenters. The third kappa shape index (κ3) is 5.00. The van der Waals surface area contributed by atoms with Crippen molar-refractivity contribution in [1.82, 2.24) is 4.98 Å². The molecule has 0 unspecified atom stereocenters. The van der Waals surface area contributed by atoms with E-state index in [1.54, 1.807) is 29.4 Å². The maximum atomic E-state index is 10.6. The fourth-order valence-electron chi connectivity index (χ4n) is 1.66. The summed E-state index contributed by atoms with van der Waals surface area (Å²) < 4.78 is 0. The topological polar surface area (TPSA) is 88.3 Å². The van der Waals surface area contributed by atoms with Crippen LogP contribution in [0.3, 0.4) is 0 Å². The van der Waals surface area contributed by atoms with Gasteiger partial charge in [-0.1, -0.05) is 11.3 Å². The van der Waals surface area contributed by atoms with Gasteiger partial charge in [0, 0.05) is 35.7 Å². The van der Waals surface area contributed by atoms with Crippen LogP contribution < -0.4 is 5.32 Å². The minimum atomic E-state index is -0.384. The van der Waals surface area contributed by atoms with Crippen molar-refractivity contribution in [3.05, 3.63) is 51.0 Å². The quantitative estimate of drug-likeness (QED) is 0.441. The monoisotopic (exact) mass is 325 g/mol. The van der Waals surface area contributed by atoms with Crippen LogP contribution in [-0.4, -0.2) is 27.4 Å². The van der Waals surface area contributed by atoms with Gasteiger partial charge in [0.2, 0.25) is 0 Å². The third-order valence-electron chi connectivity index (χ3n) is 2.62. The number of pyridine rings is 1. The van der Waals surface area contributed by atoms with E-state index in [1.165, 1.54) is 0 Å². The second-order valence-corrected chi connectivity index (χ2v) is 6.22. The van der Waals surface area contributed by atoms with Crippen molar-refractivity contribution >= 4 is 33.9 Å². The molecule has 2 aromatic rings. The van der Waals surface area contributed by atoms with Crippen LogP contribution in [0, 0.1) is 10.1 Å². The second kappa shape index (κ2) is 7.96. The molecule has 21 heavy (non-hydrogen) atoms. The molecule has 6 nitrogen and oxygen atoms in total. The Labute approximate surface area is 130 Å². The number of anilines is 1. The van der Waals surface area contributed by atoms with Crippen molar-refractivity contribution in [3.8, 4) is 0 Å². The number of hydrogen-bond acceptors (Lipinski definition) is 7. The summed E-state index contributed by atoms with van der Waals surface area (Å²) >= 11 is 2.78. The van der Waals surface area contributed by atoms with E-state index in [1.807, 2.05) is 12.1 Å². The van der Waals surface area contributed by atoms with Gasteiger partial charge in [-0.25, -0.2) is 4.98 Å². The number of aliphatic hydroxyl groups excluding tert-OH is 1. The summed E-state index contributed by atoms with van der Waals surface area (Å²) in [5.74, 6) is 2.27. The summed E-state index contributed by atoms with van der Waals surface area (Å²) in [6.45, 7) is 0.683. The highest BCUT2D eigenvalue weighted by atomic mass is 32.2. The van der Waals surface area contributed by atoms with E-state index in [0.29, 0.717) is 12.3 Å². The van der Waals surface area contributed by atoms with Crippen molar-refractivity contribution in [3.63, 3.8) is 0 Å². The van der Waals surface area contributed by atoms with Crippen molar-refractivity contribution in [2.75, 3.05) is 17.7 Å². The average molecular weight is 325 g/mol. The van der Waals surface area contributed by atoms with Crippen LogP contribution in [0.5, 0.6) is 0 Å². The molecule has 2 N–H and O–H groups in total. The van der Waals surface area contributed by atoms with Gasteiger partial charge in [-0.3, -0.25) is 10.1 Å². The first-order valence-electron chi connectivity index (χ1n) is 6.28. The minimum Gasteiger partial charge on any atom is -0.396 e. The number of nitrogens with one attached hydrogen (secondary N) is 1. The SMILES string of the molecule is O=[N+]([O-])c1cc(CNc2cc(CSCCO)ccn2)cs1. The lowest BCUT2D eigenvalue weighted by atomic mass is 10.3. The maximum Gasteiger partial charge on any atom is 0.324 e. The molecule has 2 heterocycles. The zero-order valence-electron chi connectivity index (χ0n) is 11.2. The number of hydrogen-bond donors (Lipinski definition) is 2. The molecule has 0 spiro atoms. The zero-order valence-corrected chi connectivity index (χ0v) is 12.8. The number of aliphatic hydroxyl groups is 1. The molecule has 8 heteroatoms. The number of nitro groups is 1. The summed E-state index contributed by atoms with van der Waals surface area (Å²) in [6.07, 6.45) is 1.73. The van der Waals surface area contributed by atoms with Gasteiger partial charge >= 0.3 is 5.00 Å². The van der Waals surface area contributed by atoms with Crippen molar-refractivity contribution in [1.29, 1.82) is 0 Å². The maximum absolute atomic E-state index is 10.6. The van der Waals surface area contributed by atoms with E-state index in [0.717, 1.165) is 34.0 Å². The smallest absolute Gasteiger partial charge is 0.324 e. The highest BCUT2D eigenvalue weighted by molar-refractivity contribution is 7.98. The van der Waals surface area contributed by atoms with Crippen LogP contribution in [0.25, 0.3) is 0 Å². The Morgan fingerprint density at radius 2 is 2.29 bits per heavy atom. The number of thiophene rings is 1. The fourth-order valence-corrected chi connectivity index (χ4v) is 3.08. The average Bonchev–Trinajstić information content (AvgIpc) is 2.95. The highest BCUT2D eigenvalue weighted by Crippen LogP contribution is 2.23. The number of rotatable bonds is 8. The Bertz CT molecular complexity index is 604. The summed E-state index contributed by atoms with van der Waals surface area (Å²) in [6, 6.07) is 5.45. The molecule has 0 aliphatic heterocycles. The van der Waals surface area contributed by atoms with E-state index < -0.39 is 0 Å². The van der Waals surface area contributed by atoms with Gasteiger partial charge in [0.1, 0.15) is 5.82 Å². The van der Waals surface area contributed by atoms with Gasteiger partial charge in [-0.05, 0) is 23.3 Å². The number of thioether (sulfide) groups is 1. The molecule has 112 valence electrons. The van der Waals surface area contributed by atoms with E-state index in [4.69, 9.17) is 5.11 Å². The standard InChI is InChI=1S/C13H15N3O3S2/c17-3-4-20-8-10-1-2-14-12(5-10)15-7-11-6-13(16(18)19)21-9-11/h1-2,5-6,9,17H,3-4,7-8H2,(H,14,15). The summed E-state index contributed by atoms with van der Waals surface area (Å²) in [4.78, 5) is 14.5. The van der Waals surface area contributed by atoms with Gasteiger partial charge in [0.15, 0.2) is 0 Å². The number of nitrogens with zero attached hydrogens (tertiary/aromatic N) is 2. The van der Waals surface area contributed by atoms with Crippen LogP contribution in [0.1, 0.15) is 11.1 Å². The molecule has 0 saturated carbocycles. The van der Waals surface area contributed by atoms with Crippen LogP contribution in [0.15, 0.2) is 29.8 Å². The van der Waals surface area contributed by atoms with E-state index in [-0.39, 0.29) is 16.5 Å². The first-order valence-corrected chi connectivity index (χ1v) is 8.31. The zero-order chi connectivity index (χ0) is 15.1. The molecule has 0 bridgehead atoms. The van der Waals surface area contributed by atoms with Crippen LogP contribution in [0.4, 0.5) is 10.8 Å². The fraction of sp³-hybridized carbons (Fsp3) is 0.308. The molecule has 0 radical (unpaired) electrons. The van der Waals surface area contributed by atoms with Gasteiger partial charge in [0.25, 0.3) is 0 Å². The Morgan fingerprint density at radius 3 is 3.00 bits per heavy atom. The first kappa shape index (κ1) is 15.7. The van der Waals surface area contributed by atoms with E-state index in [9.17, 15) is 10.1 Å². The second-order valence-electron chi connectivity index (χ2n) is 4.23. The van der Waals surface area contributed by atoms with Gasteiger partial charge < -0.3 is 10.4 Å². The Hall–Kier alpha value is -1.64. The lowest BCUT2D eigenvalue weighted by molar-refractivity contribution is -0.380. The molecular weight excluding hydrogens is 310 g/mol. The lowest BCUT2D eigenvalue weighted by Gasteiger charge is -2.06. The van der Waals surface area contributed by atoms with Crippen molar-refractivity contribution in [2.24, 2.45) is 0 Å². The molecular formula is C13H15N3O3S2. The predicted octanol–water partition coefficient (Wildman–Crippen LogP) is 2.89. The van der Waals surface area contributed by atoms with Crippen LogP contribution >= 0.6 is 23.1 Å². The third-order valence-corrected chi connectivity index (χ3v) is 4.56. The Morgan fingerprint density at radius 1 is 1.43 bits per heavy atom. The van der Waals surface area contributed by atoms with Crippen LogP contribution in [0.2, 0.25) is 0 Å². The van der Waals surface area contributed by atoms with Crippen molar-refractivity contribution in [2.45, 2.75) is 12.3 Å². The van der Waals surface area contributed by atoms with Gasteiger partial charge in [-0.2, -0.15) is 11.8 Å². The van der Waals surface area contributed by atoms with Crippen LogP contribution in [-0.2, 0) is 12.3 Å². The molecule has 0 aliphatic rings. The summed E-state index contributed by atoms with van der Waals surface area (Å²) in [7, 11) is 0. The van der Waals surface area contributed by atoms with E-state index in [2.05, 4.69) is 10.3 Å². The normalized spacial score (nSPS) is 10.5. The molecule has 2 aromatic heterocycles. The lowest BCUT2D eigenvalue weighted by Crippen LogP contribution is -2.01. The Kier molecular flexibility index (Phi) is 5.97. The van der Waals surface area contributed by atoms with Gasteiger partial charge in [0.05, 0.1) is 11.5 Å². The largest absolute Gasteiger partial charge is 0.396 e. The number of aromatic nitrogens is 1. The first-order chi connectivity index (χ1) is 10.2. The highest BCUT2D eigenvalue weighted by Gasteiger charge is 2.09. The van der Waals surface area contributed by atoms with Crippen molar-refractivity contribution < 1.29 is 10.0 Å². The molecule has 2 rings (SSSR count). The molecule has 0 fully saturated rings. The van der Waals surface area contributed by atoms with Gasteiger partial charge in [-0.15, -0.1) is 0 Å². The molecule has 0 aliphatic carbocycles. The minimum absolute atomic E-state index is 0.147. The predicted molar refractivity (Wildman–Crippen MR) is 85.8 cm³/mol.